The Morgan fingerprint density at radius 3 is 2.80 bits per heavy atom. The molecule has 2 N–H and O–H groups in total. The smallest absolute Gasteiger partial charge is 0.0615 e. The van der Waals surface area contributed by atoms with Crippen LogP contribution in [0.3, 0.4) is 0 Å². The van der Waals surface area contributed by atoms with Gasteiger partial charge in [-0.1, -0.05) is 0 Å². The zero-order chi connectivity index (χ0) is 11.3. The van der Waals surface area contributed by atoms with Crippen molar-refractivity contribution < 1.29 is 9.47 Å². The monoisotopic (exact) mass is 216 g/mol. The summed E-state index contributed by atoms with van der Waals surface area (Å²) in [5, 5.41) is 0. The molecule has 0 spiro atoms. The van der Waals surface area contributed by atoms with Gasteiger partial charge in [0.2, 0.25) is 0 Å². The maximum atomic E-state index is 5.85. The van der Waals surface area contributed by atoms with Crippen molar-refractivity contribution in [3.05, 3.63) is 0 Å². The molecule has 3 atom stereocenters. The summed E-state index contributed by atoms with van der Waals surface area (Å²) in [5.74, 6) is 0.583. The van der Waals surface area contributed by atoms with E-state index in [0.29, 0.717) is 24.5 Å². The second-order valence-corrected chi connectivity index (χ2v) is 4.40. The van der Waals surface area contributed by atoms with Gasteiger partial charge in [0.1, 0.15) is 0 Å². The summed E-state index contributed by atoms with van der Waals surface area (Å²) in [6.07, 6.45) is 1.13. The lowest BCUT2D eigenvalue weighted by atomic mass is 9.97. The summed E-state index contributed by atoms with van der Waals surface area (Å²) < 4.78 is 10.6. The second-order valence-electron chi connectivity index (χ2n) is 4.40. The molecular weight excluding hydrogens is 192 g/mol. The minimum Gasteiger partial charge on any atom is -0.383 e. The number of ether oxygens (including phenoxy) is 2. The van der Waals surface area contributed by atoms with E-state index in [0.717, 1.165) is 26.2 Å². The van der Waals surface area contributed by atoms with Crippen LogP contribution in [0.15, 0.2) is 0 Å². The third-order valence-electron chi connectivity index (χ3n) is 3.38. The lowest BCUT2D eigenvalue weighted by Gasteiger charge is -2.35. The van der Waals surface area contributed by atoms with E-state index in [1.807, 2.05) is 0 Å². The van der Waals surface area contributed by atoms with Crippen molar-refractivity contribution in [3.8, 4) is 0 Å². The van der Waals surface area contributed by atoms with Gasteiger partial charge in [-0.15, -0.1) is 0 Å². The molecule has 1 rings (SSSR count). The Hall–Kier alpha value is -0.160. The second kappa shape index (κ2) is 6.43. The Bertz CT molecular complexity index is 172. The first-order valence-corrected chi connectivity index (χ1v) is 5.69. The van der Waals surface area contributed by atoms with Gasteiger partial charge in [-0.25, -0.2) is 0 Å². The highest BCUT2D eigenvalue weighted by molar-refractivity contribution is 4.83. The minimum atomic E-state index is 0.407. The first-order valence-electron chi connectivity index (χ1n) is 5.69. The molecule has 3 unspecified atom stereocenters. The molecule has 90 valence electrons. The molecule has 0 saturated carbocycles. The Kier molecular flexibility index (Phi) is 5.53. The first kappa shape index (κ1) is 12.9. The van der Waals surface area contributed by atoms with Crippen molar-refractivity contribution in [2.75, 3.05) is 40.5 Å². The summed E-state index contributed by atoms with van der Waals surface area (Å²) >= 11 is 0. The van der Waals surface area contributed by atoms with Gasteiger partial charge in [-0.2, -0.15) is 0 Å². The summed E-state index contributed by atoms with van der Waals surface area (Å²) in [4.78, 5) is 2.32. The van der Waals surface area contributed by atoms with Gasteiger partial charge >= 0.3 is 0 Å². The fourth-order valence-corrected chi connectivity index (χ4v) is 2.23. The average Bonchev–Trinajstić information content (AvgIpc) is 2.72. The Morgan fingerprint density at radius 2 is 2.33 bits per heavy atom. The Morgan fingerprint density at radius 1 is 1.60 bits per heavy atom. The zero-order valence-electron chi connectivity index (χ0n) is 10.1. The maximum absolute atomic E-state index is 5.85. The number of hydrogen-bond donors (Lipinski definition) is 1. The van der Waals surface area contributed by atoms with Crippen LogP contribution in [0.5, 0.6) is 0 Å². The highest BCUT2D eigenvalue weighted by Crippen LogP contribution is 2.21. The number of likely N-dealkylation sites (N-methyl/N-ethyl adjacent to an activating group) is 1. The van der Waals surface area contributed by atoms with Crippen LogP contribution in [0, 0.1) is 5.92 Å². The molecule has 0 aliphatic carbocycles. The molecule has 1 aliphatic rings. The van der Waals surface area contributed by atoms with E-state index in [1.54, 1.807) is 7.11 Å². The van der Waals surface area contributed by atoms with Crippen molar-refractivity contribution in [1.29, 1.82) is 0 Å². The highest BCUT2D eigenvalue weighted by Gasteiger charge is 2.29. The van der Waals surface area contributed by atoms with Crippen LogP contribution in [0.25, 0.3) is 0 Å². The van der Waals surface area contributed by atoms with Crippen molar-refractivity contribution in [1.82, 2.24) is 4.90 Å². The number of nitrogens with two attached hydrogens (primary N) is 1. The Balaban J connectivity index is 2.48. The normalized spacial score (nSPS) is 25.8. The molecule has 0 radical (unpaired) electrons. The molecule has 1 aliphatic heterocycles. The predicted molar refractivity (Wildman–Crippen MR) is 60.9 cm³/mol. The van der Waals surface area contributed by atoms with Gasteiger partial charge < -0.3 is 15.2 Å². The van der Waals surface area contributed by atoms with E-state index < -0.39 is 0 Å². The summed E-state index contributed by atoms with van der Waals surface area (Å²) in [7, 11) is 3.86. The van der Waals surface area contributed by atoms with Gasteiger partial charge in [0.05, 0.1) is 13.2 Å². The standard InChI is InChI=1S/C11H24N2O2/c1-9(7-14-3)13(2)11(6-12)10-4-5-15-8-10/h9-11H,4-8,12H2,1-3H3. The van der Waals surface area contributed by atoms with Crippen LogP contribution >= 0.6 is 0 Å². The van der Waals surface area contributed by atoms with Crippen LogP contribution in [-0.2, 0) is 9.47 Å². The SMILES string of the molecule is COCC(C)N(C)C(CN)C1CCOC1. The number of nitrogens with zero attached hydrogens (tertiary/aromatic N) is 1. The lowest BCUT2D eigenvalue weighted by Crippen LogP contribution is -2.49. The van der Waals surface area contributed by atoms with Crippen molar-refractivity contribution in [2.45, 2.75) is 25.4 Å². The summed E-state index contributed by atoms with van der Waals surface area (Å²) in [6, 6.07) is 0.821. The molecular formula is C11H24N2O2. The van der Waals surface area contributed by atoms with Crippen molar-refractivity contribution in [3.63, 3.8) is 0 Å². The van der Waals surface area contributed by atoms with E-state index in [2.05, 4.69) is 18.9 Å². The number of hydrogen-bond acceptors (Lipinski definition) is 4. The van der Waals surface area contributed by atoms with Crippen LogP contribution in [0.4, 0.5) is 0 Å². The summed E-state index contributed by atoms with van der Waals surface area (Å²) in [6.45, 7) is 5.35. The van der Waals surface area contributed by atoms with Gasteiger partial charge in [-0.05, 0) is 20.4 Å². The lowest BCUT2D eigenvalue weighted by molar-refractivity contribution is 0.0656. The molecule has 4 heteroatoms. The molecule has 0 aromatic carbocycles. The highest BCUT2D eigenvalue weighted by atomic mass is 16.5. The number of rotatable bonds is 6. The van der Waals surface area contributed by atoms with E-state index in [9.17, 15) is 0 Å². The largest absolute Gasteiger partial charge is 0.383 e. The van der Waals surface area contributed by atoms with Crippen LogP contribution < -0.4 is 5.73 Å². The molecule has 1 fully saturated rings. The molecule has 0 aromatic rings. The number of methoxy groups -OCH3 is 1. The molecule has 0 bridgehead atoms. The average molecular weight is 216 g/mol. The van der Waals surface area contributed by atoms with Crippen molar-refractivity contribution in [2.24, 2.45) is 11.7 Å². The molecule has 1 heterocycles. The zero-order valence-corrected chi connectivity index (χ0v) is 10.1. The van der Waals surface area contributed by atoms with Crippen LogP contribution in [0.1, 0.15) is 13.3 Å². The first-order chi connectivity index (χ1) is 7.20. The third kappa shape index (κ3) is 3.41. The van der Waals surface area contributed by atoms with E-state index >= 15 is 0 Å². The van der Waals surface area contributed by atoms with E-state index in [-0.39, 0.29) is 0 Å². The molecule has 15 heavy (non-hydrogen) atoms. The molecule has 1 saturated heterocycles. The van der Waals surface area contributed by atoms with Crippen LogP contribution in [-0.4, -0.2) is 57.5 Å². The predicted octanol–water partition coefficient (Wildman–Crippen LogP) is 0.317. The minimum absolute atomic E-state index is 0.407. The fourth-order valence-electron chi connectivity index (χ4n) is 2.23. The van der Waals surface area contributed by atoms with Gasteiger partial charge in [0.15, 0.2) is 0 Å². The summed E-state index contributed by atoms with van der Waals surface area (Å²) in [5.41, 5.74) is 5.85. The maximum Gasteiger partial charge on any atom is 0.0615 e. The van der Waals surface area contributed by atoms with Crippen molar-refractivity contribution >= 4 is 0 Å². The van der Waals surface area contributed by atoms with E-state index in [1.165, 1.54) is 0 Å². The molecule has 0 aromatic heterocycles. The quantitative estimate of drug-likeness (QED) is 0.694. The molecule has 0 amide bonds. The Labute approximate surface area is 92.7 Å². The van der Waals surface area contributed by atoms with Gasteiger partial charge in [-0.3, -0.25) is 4.90 Å². The molecule has 4 nitrogen and oxygen atoms in total. The topological polar surface area (TPSA) is 47.7 Å². The van der Waals surface area contributed by atoms with Gasteiger partial charge in [0.25, 0.3) is 0 Å². The van der Waals surface area contributed by atoms with E-state index in [4.69, 9.17) is 15.2 Å². The van der Waals surface area contributed by atoms with Crippen LogP contribution in [0.2, 0.25) is 0 Å². The third-order valence-corrected chi connectivity index (χ3v) is 3.38. The fraction of sp³-hybridized carbons (Fsp3) is 1.00. The van der Waals surface area contributed by atoms with Gasteiger partial charge in [0, 0.05) is 38.3 Å².